The molecule has 2 aromatic carbocycles. The maximum Gasteiger partial charge on any atom is 0.509 e. The van der Waals surface area contributed by atoms with E-state index in [1.54, 1.807) is 88.4 Å². The van der Waals surface area contributed by atoms with E-state index in [4.69, 9.17) is 23.4 Å². The topological polar surface area (TPSA) is 204 Å². The lowest BCUT2D eigenvalue weighted by Gasteiger charge is -2.63. The number of hydrogen-bond acceptors (Lipinski definition) is 13. The summed E-state index contributed by atoms with van der Waals surface area (Å²) in [6.07, 6.45) is -8.50. The van der Waals surface area contributed by atoms with Crippen LogP contribution in [0.4, 0.5) is 4.79 Å². The SMILES string of the molecule is CC[Si](CC)(CC)O[C@H]1C[C@H](I)[C@@](O)(CO)[C@H]2[C@@H]3OC(=O)O[C@]34C[C@H](OC(=O)[C@H](O)[C@@H](NC(=O)c3ccccc3)c3ccccc3)C(C)=C([C@@H](OC(C)=O)C(=O)[C@]12C)C4(C)C. The molecule has 61 heavy (non-hydrogen) atoms. The molecule has 1 saturated heterocycles. The van der Waals surface area contributed by atoms with Gasteiger partial charge in [-0.2, -0.15) is 0 Å². The molecule has 11 atom stereocenters. The molecule has 0 radical (unpaired) electrons. The number of aliphatic hydroxyl groups is 3. The fourth-order valence-corrected chi connectivity index (χ4v) is 14.6. The van der Waals surface area contributed by atoms with E-state index in [0.29, 0.717) is 16.7 Å². The molecule has 0 unspecified atom stereocenters. The number of Topliss-reactive ketones (excluding diaryl/α,β-unsaturated/α-hetero) is 1. The van der Waals surface area contributed by atoms with Crippen LogP contribution in [0.15, 0.2) is 71.8 Å². The van der Waals surface area contributed by atoms with Gasteiger partial charge in [0.25, 0.3) is 5.91 Å². The molecular formula is C45H58INO13Si. The molecule has 16 heteroatoms. The van der Waals surface area contributed by atoms with Gasteiger partial charge in [0.1, 0.15) is 11.7 Å². The summed E-state index contributed by atoms with van der Waals surface area (Å²) >= 11 is 2.06. The van der Waals surface area contributed by atoms with Crippen LogP contribution in [0.5, 0.6) is 0 Å². The second-order valence-electron chi connectivity index (χ2n) is 17.6. The largest absolute Gasteiger partial charge is 0.509 e. The van der Waals surface area contributed by atoms with E-state index in [1.165, 1.54) is 6.92 Å². The molecular weight excluding hydrogens is 917 g/mol. The van der Waals surface area contributed by atoms with Crippen LogP contribution in [0.3, 0.4) is 0 Å². The van der Waals surface area contributed by atoms with E-state index in [9.17, 15) is 34.5 Å². The van der Waals surface area contributed by atoms with Crippen molar-refractivity contribution in [3.63, 3.8) is 0 Å². The van der Waals surface area contributed by atoms with Crippen molar-refractivity contribution in [1.29, 1.82) is 0 Å². The first-order chi connectivity index (χ1) is 28.7. The second-order valence-corrected chi connectivity index (χ2v) is 23.8. The first-order valence-electron chi connectivity index (χ1n) is 21.0. The summed E-state index contributed by atoms with van der Waals surface area (Å²) < 4.78 is 31.1. The van der Waals surface area contributed by atoms with Gasteiger partial charge >= 0.3 is 18.1 Å². The molecule has 4 N–H and O–H groups in total. The minimum absolute atomic E-state index is 0.148. The first-order valence-corrected chi connectivity index (χ1v) is 24.8. The van der Waals surface area contributed by atoms with E-state index < -0.39 is 113 Å². The number of carbonyl (C=O) groups is 5. The third-order valence-corrected chi connectivity index (χ3v) is 20.6. The lowest BCUT2D eigenvalue weighted by molar-refractivity contribution is -0.231. The van der Waals surface area contributed by atoms with Crippen molar-refractivity contribution in [2.24, 2.45) is 16.7 Å². The molecule has 332 valence electrons. The Bertz CT molecular complexity index is 2040. The van der Waals surface area contributed by atoms with Crippen LogP contribution >= 0.6 is 22.6 Å². The second kappa shape index (κ2) is 17.5. The van der Waals surface area contributed by atoms with Crippen molar-refractivity contribution >= 4 is 60.7 Å². The number of fused-ring (bicyclic) bond motifs is 3. The van der Waals surface area contributed by atoms with Gasteiger partial charge in [0.2, 0.25) is 0 Å². The maximum atomic E-state index is 15.8. The van der Waals surface area contributed by atoms with Crippen molar-refractivity contribution in [1.82, 2.24) is 5.32 Å². The van der Waals surface area contributed by atoms with Crippen molar-refractivity contribution in [3.8, 4) is 0 Å². The number of aliphatic hydroxyl groups excluding tert-OH is 2. The van der Waals surface area contributed by atoms with Crippen LogP contribution in [0.1, 0.15) is 90.2 Å². The molecule has 4 aliphatic rings. The molecule has 1 heterocycles. The van der Waals surface area contributed by atoms with Crippen LogP contribution in [0, 0.1) is 16.7 Å². The van der Waals surface area contributed by atoms with Gasteiger partial charge in [-0.25, -0.2) is 9.59 Å². The zero-order chi connectivity index (χ0) is 44.9. The van der Waals surface area contributed by atoms with Gasteiger partial charge in [-0.05, 0) is 67.2 Å². The maximum absolute atomic E-state index is 15.8. The average molecular weight is 976 g/mol. The molecule has 1 aliphatic heterocycles. The van der Waals surface area contributed by atoms with E-state index in [2.05, 4.69) is 48.7 Å². The highest BCUT2D eigenvalue weighted by molar-refractivity contribution is 14.1. The average Bonchev–Trinajstić information content (AvgIpc) is 3.57. The third kappa shape index (κ3) is 7.76. The molecule has 2 saturated carbocycles. The molecule has 1 amide bonds. The summed E-state index contributed by atoms with van der Waals surface area (Å²) in [5.41, 5.74) is -5.84. The predicted molar refractivity (Wildman–Crippen MR) is 233 cm³/mol. The number of ketones is 1. The van der Waals surface area contributed by atoms with Gasteiger partial charge in [0, 0.05) is 34.2 Å². The molecule has 2 bridgehead atoms. The Hall–Kier alpha value is -3.68. The summed E-state index contributed by atoms with van der Waals surface area (Å²) in [5.74, 6) is -4.54. The number of amides is 1. The summed E-state index contributed by atoms with van der Waals surface area (Å²) in [5, 5.41) is 38.5. The summed E-state index contributed by atoms with van der Waals surface area (Å²) in [7, 11) is -2.52. The van der Waals surface area contributed by atoms with Crippen molar-refractivity contribution in [3.05, 3.63) is 82.9 Å². The lowest BCUT2D eigenvalue weighted by atomic mass is 9.46. The molecule has 14 nitrogen and oxygen atoms in total. The molecule has 0 aromatic heterocycles. The highest BCUT2D eigenvalue weighted by Crippen LogP contribution is 2.65. The standard InChI is InChI=1S/C45H58INO13Si/c1-9-61(10-2,11-3)60-31-22-30(46)44(55,24-48)36-38-45(59-41(54)58-38)23-29(25(4)32(42(45,6)7)35(56-26(5)49)37(51)43(31,36)8)57-40(53)34(50)33(27-18-14-12-15-19-27)47-39(52)28-20-16-13-17-21-28/h12-21,29-31,33-36,38,48,50,55H,9-11,22-24H2,1-8H3,(H,47,52)/t29-,30-,31-,33-,34+,35+,36-,38-,43+,44-,45+/m0/s1. The highest BCUT2D eigenvalue weighted by Gasteiger charge is 2.78. The van der Waals surface area contributed by atoms with Crippen LogP contribution < -0.4 is 5.32 Å². The molecule has 3 fully saturated rings. The molecule has 6 rings (SSSR count). The predicted octanol–water partition coefficient (Wildman–Crippen LogP) is 5.91. The van der Waals surface area contributed by atoms with Gasteiger partial charge in [0.15, 0.2) is 38.0 Å². The Morgan fingerprint density at radius 1 is 0.967 bits per heavy atom. The summed E-state index contributed by atoms with van der Waals surface area (Å²) in [6.45, 7) is 13.2. The van der Waals surface area contributed by atoms with Crippen molar-refractivity contribution in [2.45, 2.75) is 138 Å². The Labute approximate surface area is 371 Å². The number of benzene rings is 2. The van der Waals surface area contributed by atoms with E-state index in [0.717, 1.165) is 18.1 Å². The van der Waals surface area contributed by atoms with Crippen LogP contribution in [-0.2, 0) is 37.8 Å². The summed E-state index contributed by atoms with van der Waals surface area (Å²) in [4.78, 5) is 70.4. The quantitative estimate of drug-likeness (QED) is 0.0461. The smallest absolute Gasteiger partial charge is 0.456 e. The zero-order valence-corrected chi connectivity index (χ0v) is 39.1. The van der Waals surface area contributed by atoms with Crippen LogP contribution in [-0.4, -0.2) is 106 Å². The van der Waals surface area contributed by atoms with E-state index >= 15 is 4.79 Å². The van der Waals surface area contributed by atoms with Gasteiger partial charge in [-0.1, -0.05) is 106 Å². The Morgan fingerprint density at radius 2 is 1.56 bits per heavy atom. The fraction of sp³-hybridized carbons (Fsp3) is 0.578. The van der Waals surface area contributed by atoms with Gasteiger partial charge in [-0.3, -0.25) is 14.4 Å². The number of alkyl halides is 1. The number of carbonyl (C=O) groups excluding carboxylic acids is 5. The number of esters is 2. The zero-order valence-electron chi connectivity index (χ0n) is 35.9. The minimum Gasteiger partial charge on any atom is -0.456 e. The fourth-order valence-electron chi connectivity index (χ4n) is 10.6. The van der Waals surface area contributed by atoms with Crippen LogP contribution in [0.25, 0.3) is 0 Å². The lowest BCUT2D eigenvalue weighted by Crippen LogP contribution is -2.77. The Morgan fingerprint density at radius 3 is 2.11 bits per heavy atom. The number of halogens is 1. The third-order valence-electron chi connectivity index (χ3n) is 14.4. The Kier molecular flexibility index (Phi) is 13.4. The van der Waals surface area contributed by atoms with E-state index in [1.807, 2.05) is 0 Å². The molecule has 2 aromatic rings. The number of rotatable bonds is 13. The van der Waals surface area contributed by atoms with E-state index in [-0.39, 0.29) is 18.4 Å². The first kappa shape index (κ1) is 46.8. The van der Waals surface area contributed by atoms with Crippen molar-refractivity contribution in [2.75, 3.05) is 6.61 Å². The van der Waals surface area contributed by atoms with Crippen LogP contribution in [0.2, 0.25) is 18.1 Å². The summed E-state index contributed by atoms with van der Waals surface area (Å²) in [6, 6.07) is 17.6. The van der Waals surface area contributed by atoms with Crippen molar-refractivity contribution < 1.29 is 62.7 Å². The van der Waals surface area contributed by atoms with Gasteiger partial charge < -0.3 is 44.0 Å². The number of hydrogen-bond donors (Lipinski definition) is 4. The number of ether oxygens (including phenoxy) is 4. The molecule has 3 aliphatic carbocycles. The van der Waals surface area contributed by atoms with Gasteiger partial charge in [0.05, 0.1) is 24.2 Å². The number of nitrogens with one attached hydrogen (secondary N) is 1. The van der Waals surface area contributed by atoms with Gasteiger partial charge in [-0.15, -0.1) is 0 Å². The monoisotopic (exact) mass is 975 g/mol. The minimum atomic E-state index is -2.52. The Balaban J connectivity index is 1.52. The molecule has 1 spiro atoms. The normalized spacial score (nSPS) is 32.8. The highest BCUT2D eigenvalue weighted by atomic mass is 127.